The average molecular weight is 337 g/mol. The molecule has 2 aromatic carbocycles. The highest BCUT2D eigenvalue weighted by molar-refractivity contribution is 5.93. The number of esters is 1. The lowest BCUT2D eigenvalue weighted by molar-refractivity contribution is -0.147. The maximum Gasteiger partial charge on any atom is 0.326 e. The Kier molecular flexibility index (Phi) is 4.79. The van der Waals surface area contributed by atoms with E-state index in [1.165, 1.54) is 0 Å². The van der Waals surface area contributed by atoms with Crippen molar-refractivity contribution < 1.29 is 14.3 Å². The number of nitrogens with one attached hydrogen (secondary N) is 1. The molecule has 0 atom stereocenters. The van der Waals surface area contributed by atoms with Crippen LogP contribution in [0.25, 0.3) is 11.0 Å². The molecule has 0 unspecified atom stereocenters. The van der Waals surface area contributed by atoms with E-state index in [2.05, 4.69) is 10.3 Å². The largest absolute Gasteiger partial charge is 0.454 e. The molecule has 0 fully saturated rings. The van der Waals surface area contributed by atoms with Crippen LogP contribution in [0.1, 0.15) is 11.1 Å². The van der Waals surface area contributed by atoms with Crippen LogP contribution in [0.2, 0.25) is 0 Å². The number of aryl methyl sites for hydroxylation is 2. The first-order valence-corrected chi connectivity index (χ1v) is 7.95. The Hall–Kier alpha value is -3.15. The van der Waals surface area contributed by atoms with Gasteiger partial charge in [-0.1, -0.05) is 18.2 Å². The molecule has 0 spiro atoms. The van der Waals surface area contributed by atoms with E-state index in [0.29, 0.717) is 5.69 Å². The van der Waals surface area contributed by atoms with Gasteiger partial charge >= 0.3 is 5.97 Å². The topological polar surface area (TPSA) is 73.2 Å². The molecule has 3 aromatic rings. The Morgan fingerprint density at radius 1 is 1.12 bits per heavy atom. The summed E-state index contributed by atoms with van der Waals surface area (Å²) in [5.74, 6) is -0.856. The van der Waals surface area contributed by atoms with Crippen LogP contribution < -0.4 is 5.32 Å². The van der Waals surface area contributed by atoms with E-state index in [-0.39, 0.29) is 19.1 Å². The van der Waals surface area contributed by atoms with Crippen molar-refractivity contribution in [3.63, 3.8) is 0 Å². The highest BCUT2D eigenvalue weighted by Gasteiger charge is 2.11. The second-order valence-electron chi connectivity index (χ2n) is 5.87. The van der Waals surface area contributed by atoms with E-state index in [4.69, 9.17) is 4.74 Å². The third kappa shape index (κ3) is 4.03. The van der Waals surface area contributed by atoms with Crippen LogP contribution in [0.4, 0.5) is 5.69 Å². The van der Waals surface area contributed by atoms with E-state index in [1.54, 1.807) is 10.9 Å². The van der Waals surface area contributed by atoms with E-state index in [9.17, 15) is 9.59 Å². The molecule has 1 heterocycles. The van der Waals surface area contributed by atoms with Gasteiger partial charge in [0.25, 0.3) is 5.91 Å². The Labute approximate surface area is 145 Å². The fourth-order valence-corrected chi connectivity index (χ4v) is 2.48. The van der Waals surface area contributed by atoms with Crippen LogP contribution in [-0.2, 0) is 20.9 Å². The fourth-order valence-electron chi connectivity index (χ4n) is 2.48. The van der Waals surface area contributed by atoms with Crippen molar-refractivity contribution in [2.45, 2.75) is 20.4 Å². The molecule has 128 valence electrons. The Morgan fingerprint density at radius 2 is 1.92 bits per heavy atom. The number of aromatic nitrogens is 2. The smallest absolute Gasteiger partial charge is 0.326 e. The maximum absolute atomic E-state index is 12.0. The molecule has 0 saturated heterocycles. The van der Waals surface area contributed by atoms with Crippen LogP contribution in [0.3, 0.4) is 0 Å². The minimum Gasteiger partial charge on any atom is -0.454 e. The van der Waals surface area contributed by atoms with Gasteiger partial charge in [0, 0.05) is 5.69 Å². The molecule has 1 N–H and O–H groups in total. The molecule has 0 aliphatic rings. The zero-order valence-electron chi connectivity index (χ0n) is 14.2. The van der Waals surface area contributed by atoms with Crippen LogP contribution in [-0.4, -0.2) is 28.0 Å². The summed E-state index contributed by atoms with van der Waals surface area (Å²) < 4.78 is 6.75. The number of para-hydroxylation sites is 2. The van der Waals surface area contributed by atoms with Crippen molar-refractivity contribution in [3.8, 4) is 0 Å². The normalized spacial score (nSPS) is 10.6. The fraction of sp³-hybridized carbons (Fsp3) is 0.211. The molecule has 0 aliphatic carbocycles. The Balaban J connectivity index is 1.53. The number of amides is 1. The molecular weight excluding hydrogens is 318 g/mol. The predicted octanol–water partition coefficient (Wildman–Crippen LogP) is 2.84. The van der Waals surface area contributed by atoms with Crippen molar-refractivity contribution in [2.24, 2.45) is 0 Å². The number of benzene rings is 2. The molecule has 0 bridgehead atoms. The van der Waals surface area contributed by atoms with Gasteiger partial charge in [-0.15, -0.1) is 0 Å². The van der Waals surface area contributed by atoms with E-state index in [0.717, 1.165) is 22.2 Å². The summed E-state index contributed by atoms with van der Waals surface area (Å²) in [5.41, 5.74) is 4.57. The van der Waals surface area contributed by atoms with Crippen molar-refractivity contribution in [1.82, 2.24) is 9.55 Å². The second kappa shape index (κ2) is 7.17. The SMILES string of the molecule is Cc1ccc(NC(=O)COC(=O)Cn2cnc3ccccc32)cc1C. The first-order chi connectivity index (χ1) is 12.0. The number of imidazole rings is 1. The van der Waals surface area contributed by atoms with Gasteiger partial charge in [-0.2, -0.15) is 0 Å². The summed E-state index contributed by atoms with van der Waals surface area (Å²) in [6.07, 6.45) is 1.58. The number of rotatable bonds is 5. The number of hydrogen-bond acceptors (Lipinski definition) is 4. The number of fused-ring (bicyclic) bond motifs is 1. The van der Waals surface area contributed by atoms with Gasteiger partial charge < -0.3 is 14.6 Å². The van der Waals surface area contributed by atoms with Crippen LogP contribution in [0, 0.1) is 13.8 Å². The average Bonchev–Trinajstić information content (AvgIpc) is 2.99. The predicted molar refractivity (Wildman–Crippen MR) is 95.2 cm³/mol. The zero-order chi connectivity index (χ0) is 17.8. The lowest BCUT2D eigenvalue weighted by Crippen LogP contribution is -2.22. The molecular formula is C19H19N3O3. The maximum atomic E-state index is 12.0. The third-order valence-corrected chi connectivity index (χ3v) is 3.98. The van der Waals surface area contributed by atoms with E-state index < -0.39 is 5.97 Å². The molecule has 1 amide bonds. The molecule has 6 heteroatoms. The highest BCUT2D eigenvalue weighted by Crippen LogP contribution is 2.14. The monoisotopic (exact) mass is 337 g/mol. The van der Waals surface area contributed by atoms with Crippen LogP contribution in [0.5, 0.6) is 0 Å². The van der Waals surface area contributed by atoms with E-state index in [1.807, 2.05) is 56.3 Å². The Bertz CT molecular complexity index is 931. The summed E-state index contributed by atoms with van der Waals surface area (Å²) in [6.45, 7) is 3.67. The number of hydrogen-bond donors (Lipinski definition) is 1. The van der Waals surface area contributed by atoms with Crippen LogP contribution >= 0.6 is 0 Å². The van der Waals surface area contributed by atoms with Crippen molar-refractivity contribution in [3.05, 3.63) is 59.9 Å². The number of carbonyl (C=O) groups is 2. The summed E-state index contributed by atoms with van der Waals surface area (Å²) in [5, 5.41) is 2.72. The van der Waals surface area contributed by atoms with Gasteiger partial charge in [-0.05, 0) is 49.2 Å². The van der Waals surface area contributed by atoms with Crippen molar-refractivity contribution in [2.75, 3.05) is 11.9 Å². The number of carbonyl (C=O) groups excluding carboxylic acids is 2. The summed E-state index contributed by atoms with van der Waals surface area (Å²) in [4.78, 5) is 28.1. The van der Waals surface area contributed by atoms with Crippen LogP contribution in [0.15, 0.2) is 48.8 Å². The summed E-state index contributed by atoms with van der Waals surface area (Å²) in [6, 6.07) is 13.1. The van der Waals surface area contributed by atoms with Gasteiger partial charge in [0.2, 0.25) is 0 Å². The van der Waals surface area contributed by atoms with Gasteiger partial charge in [0.15, 0.2) is 6.61 Å². The molecule has 3 rings (SSSR count). The standard InChI is InChI=1S/C19H19N3O3/c1-13-7-8-15(9-14(13)2)21-18(23)11-25-19(24)10-22-12-20-16-5-3-4-6-17(16)22/h3-9,12H,10-11H2,1-2H3,(H,21,23). The van der Waals surface area contributed by atoms with Gasteiger partial charge in [-0.3, -0.25) is 9.59 Å². The van der Waals surface area contributed by atoms with Gasteiger partial charge in [0.1, 0.15) is 6.54 Å². The lowest BCUT2D eigenvalue weighted by Gasteiger charge is -2.09. The molecule has 1 aromatic heterocycles. The van der Waals surface area contributed by atoms with Gasteiger partial charge in [-0.25, -0.2) is 4.98 Å². The van der Waals surface area contributed by atoms with Gasteiger partial charge in [0.05, 0.1) is 17.4 Å². The number of ether oxygens (including phenoxy) is 1. The molecule has 0 radical (unpaired) electrons. The summed E-state index contributed by atoms with van der Waals surface area (Å²) in [7, 11) is 0. The lowest BCUT2D eigenvalue weighted by atomic mass is 10.1. The highest BCUT2D eigenvalue weighted by atomic mass is 16.5. The zero-order valence-corrected chi connectivity index (χ0v) is 14.2. The molecule has 25 heavy (non-hydrogen) atoms. The van der Waals surface area contributed by atoms with Crippen molar-refractivity contribution >= 4 is 28.6 Å². The first kappa shape index (κ1) is 16.7. The quantitative estimate of drug-likeness (QED) is 0.727. The number of nitrogens with zero attached hydrogens (tertiary/aromatic N) is 2. The first-order valence-electron chi connectivity index (χ1n) is 7.95. The minimum atomic E-state index is -0.488. The Morgan fingerprint density at radius 3 is 2.72 bits per heavy atom. The molecule has 0 aliphatic heterocycles. The third-order valence-electron chi connectivity index (χ3n) is 3.98. The number of anilines is 1. The minimum absolute atomic E-state index is 0.0113. The van der Waals surface area contributed by atoms with Crippen molar-refractivity contribution in [1.29, 1.82) is 0 Å². The summed E-state index contributed by atoms with van der Waals surface area (Å²) >= 11 is 0. The molecule has 6 nitrogen and oxygen atoms in total. The second-order valence-corrected chi connectivity index (χ2v) is 5.87. The van der Waals surface area contributed by atoms with E-state index >= 15 is 0 Å². The molecule has 0 saturated carbocycles.